The first-order valence-corrected chi connectivity index (χ1v) is 4.48. The molecule has 1 aromatic rings. The quantitative estimate of drug-likeness (QED) is 0.670. The van der Waals surface area contributed by atoms with Crippen molar-refractivity contribution in [3.05, 3.63) is 24.5 Å². The molecule has 1 rings (SSSR count). The van der Waals surface area contributed by atoms with Gasteiger partial charge in [0.15, 0.2) is 0 Å². The lowest BCUT2D eigenvalue weighted by atomic mass is 10.3. The van der Waals surface area contributed by atoms with Crippen LogP contribution >= 0.6 is 11.6 Å². The third-order valence-electron chi connectivity index (χ3n) is 1.95. The SMILES string of the molecule is CC(CCl)N(C)c1ccncc1. The highest BCUT2D eigenvalue weighted by Gasteiger charge is 2.07. The molecule has 1 heterocycles. The fraction of sp³-hybridized carbons (Fsp3) is 0.444. The Bertz CT molecular complexity index is 225. The molecule has 0 spiro atoms. The lowest BCUT2D eigenvalue weighted by Gasteiger charge is -2.24. The van der Waals surface area contributed by atoms with Crippen LogP contribution in [0.1, 0.15) is 6.92 Å². The average Bonchev–Trinajstić information content (AvgIpc) is 2.17. The van der Waals surface area contributed by atoms with Crippen molar-refractivity contribution in [1.82, 2.24) is 4.98 Å². The number of anilines is 1. The number of nitrogens with zero attached hydrogens (tertiary/aromatic N) is 2. The molecule has 0 aliphatic heterocycles. The van der Waals surface area contributed by atoms with E-state index in [9.17, 15) is 0 Å². The van der Waals surface area contributed by atoms with Crippen molar-refractivity contribution in [2.24, 2.45) is 0 Å². The normalized spacial score (nSPS) is 12.6. The van der Waals surface area contributed by atoms with Gasteiger partial charge in [-0.25, -0.2) is 0 Å². The highest BCUT2D eigenvalue weighted by molar-refractivity contribution is 6.18. The second kappa shape index (κ2) is 4.31. The van der Waals surface area contributed by atoms with E-state index >= 15 is 0 Å². The Hall–Kier alpha value is -0.760. The highest BCUT2D eigenvalue weighted by Crippen LogP contribution is 2.13. The smallest absolute Gasteiger partial charge is 0.0425 e. The van der Waals surface area contributed by atoms with Gasteiger partial charge in [0.25, 0.3) is 0 Å². The largest absolute Gasteiger partial charge is 0.371 e. The molecule has 12 heavy (non-hydrogen) atoms. The Morgan fingerprint density at radius 1 is 1.50 bits per heavy atom. The van der Waals surface area contributed by atoms with Crippen LogP contribution in [-0.4, -0.2) is 24.0 Å². The van der Waals surface area contributed by atoms with E-state index in [0.29, 0.717) is 11.9 Å². The number of hydrogen-bond acceptors (Lipinski definition) is 2. The summed E-state index contributed by atoms with van der Waals surface area (Å²) in [6.07, 6.45) is 3.57. The Balaban J connectivity index is 2.71. The first kappa shape index (κ1) is 9.33. The molecule has 0 aliphatic rings. The molecule has 0 fully saturated rings. The molecular formula is C9H13ClN2. The number of pyridine rings is 1. The van der Waals surface area contributed by atoms with Crippen molar-refractivity contribution in [3.8, 4) is 0 Å². The Kier molecular flexibility index (Phi) is 3.35. The summed E-state index contributed by atoms with van der Waals surface area (Å²) in [5, 5.41) is 0. The molecule has 0 bridgehead atoms. The van der Waals surface area contributed by atoms with E-state index in [1.807, 2.05) is 19.2 Å². The first-order chi connectivity index (χ1) is 5.75. The van der Waals surface area contributed by atoms with Crippen molar-refractivity contribution in [2.75, 3.05) is 17.8 Å². The van der Waals surface area contributed by atoms with Crippen LogP contribution in [0.2, 0.25) is 0 Å². The van der Waals surface area contributed by atoms with Gasteiger partial charge < -0.3 is 4.90 Å². The Labute approximate surface area is 78.2 Å². The van der Waals surface area contributed by atoms with Gasteiger partial charge in [-0.15, -0.1) is 11.6 Å². The molecule has 2 nitrogen and oxygen atoms in total. The molecule has 3 heteroatoms. The van der Waals surface area contributed by atoms with Gasteiger partial charge in [-0.1, -0.05) is 0 Å². The summed E-state index contributed by atoms with van der Waals surface area (Å²) in [7, 11) is 2.03. The summed E-state index contributed by atoms with van der Waals surface area (Å²) in [6.45, 7) is 2.09. The Morgan fingerprint density at radius 2 is 2.08 bits per heavy atom. The molecule has 1 atom stereocenters. The molecule has 0 aliphatic carbocycles. The zero-order valence-electron chi connectivity index (χ0n) is 7.37. The van der Waals surface area contributed by atoms with Crippen molar-refractivity contribution >= 4 is 17.3 Å². The molecule has 66 valence electrons. The number of hydrogen-bond donors (Lipinski definition) is 0. The third kappa shape index (κ3) is 2.11. The first-order valence-electron chi connectivity index (χ1n) is 3.94. The maximum atomic E-state index is 5.74. The number of rotatable bonds is 3. The molecule has 0 saturated heterocycles. The lowest BCUT2D eigenvalue weighted by molar-refractivity contribution is 0.760. The number of halogens is 1. The van der Waals surface area contributed by atoms with Crippen LogP contribution in [0.3, 0.4) is 0 Å². The molecule has 0 saturated carbocycles. The minimum Gasteiger partial charge on any atom is -0.371 e. The van der Waals surface area contributed by atoms with Crippen LogP contribution in [0.4, 0.5) is 5.69 Å². The molecular weight excluding hydrogens is 172 g/mol. The van der Waals surface area contributed by atoms with Crippen LogP contribution in [0, 0.1) is 0 Å². The van der Waals surface area contributed by atoms with Gasteiger partial charge in [0.1, 0.15) is 0 Å². The van der Waals surface area contributed by atoms with Crippen molar-refractivity contribution < 1.29 is 0 Å². The lowest BCUT2D eigenvalue weighted by Crippen LogP contribution is -2.29. The van der Waals surface area contributed by atoms with E-state index < -0.39 is 0 Å². The summed E-state index contributed by atoms with van der Waals surface area (Å²) in [5.74, 6) is 0.638. The van der Waals surface area contributed by atoms with E-state index in [1.165, 1.54) is 0 Å². The summed E-state index contributed by atoms with van der Waals surface area (Å²) < 4.78 is 0. The highest BCUT2D eigenvalue weighted by atomic mass is 35.5. The molecule has 0 amide bonds. The fourth-order valence-corrected chi connectivity index (χ4v) is 1.14. The summed E-state index contributed by atoms with van der Waals surface area (Å²) in [4.78, 5) is 6.09. The van der Waals surface area contributed by atoms with Gasteiger partial charge in [-0.3, -0.25) is 4.98 Å². The zero-order valence-corrected chi connectivity index (χ0v) is 8.12. The van der Waals surface area contributed by atoms with Crippen LogP contribution in [0.25, 0.3) is 0 Å². The van der Waals surface area contributed by atoms with Crippen LogP contribution < -0.4 is 4.90 Å². The number of aromatic nitrogens is 1. The maximum absolute atomic E-state index is 5.74. The van der Waals surface area contributed by atoms with Gasteiger partial charge in [0.05, 0.1) is 0 Å². The molecule has 0 N–H and O–H groups in total. The number of alkyl halides is 1. The second-order valence-corrected chi connectivity index (χ2v) is 3.13. The van der Waals surface area contributed by atoms with Crippen molar-refractivity contribution in [2.45, 2.75) is 13.0 Å². The summed E-state index contributed by atoms with van der Waals surface area (Å²) in [5.41, 5.74) is 1.15. The molecule has 1 unspecified atom stereocenters. The average molecular weight is 185 g/mol. The van der Waals surface area contributed by atoms with Crippen molar-refractivity contribution in [3.63, 3.8) is 0 Å². The van der Waals surface area contributed by atoms with Gasteiger partial charge in [0, 0.05) is 37.1 Å². The van der Waals surface area contributed by atoms with E-state index in [2.05, 4.69) is 16.8 Å². The minimum absolute atomic E-state index is 0.356. The summed E-state index contributed by atoms with van der Waals surface area (Å²) in [6, 6.07) is 4.31. The van der Waals surface area contributed by atoms with E-state index in [-0.39, 0.29) is 0 Å². The molecule has 1 aromatic heterocycles. The predicted octanol–water partition coefficient (Wildman–Crippen LogP) is 2.15. The van der Waals surface area contributed by atoms with Gasteiger partial charge >= 0.3 is 0 Å². The summed E-state index contributed by atoms with van der Waals surface area (Å²) >= 11 is 5.74. The molecule has 0 aromatic carbocycles. The van der Waals surface area contributed by atoms with E-state index in [1.54, 1.807) is 12.4 Å². The maximum Gasteiger partial charge on any atom is 0.0425 e. The van der Waals surface area contributed by atoms with Gasteiger partial charge in [0.2, 0.25) is 0 Å². The van der Waals surface area contributed by atoms with E-state index in [0.717, 1.165) is 5.69 Å². The third-order valence-corrected chi connectivity index (χ3v) is 2.40. The fourth-order valence-electron chi connectivity index (χ4n) is 0.937. The topological polar surface area (TPSA) is 16.1 Å². The van der Waals surface area contributed by atoms with E-state index in [4.69, 9.17) is 11.6 Å². The minimum atomic E-state index is 0.356. The standard InChI is InChI=1S/C9H13ClN2/c1-8(7-10)12(2)9-3-5-11-6-4-9/h3-6,8H,7H2,1-2H3. The van der Waals surface area contributed by atoms with Crippen LogP contribution in [0.5, 0.6) is 0 Å². The van der Waals surface area contributed by atoms with Crippen LogP contribution in [-0.2, 0) is 0 Å². The van der Waals surface area contributed by atoms with Gasteiger partial charge in [-0.2, -0.15) is 0 Å². The Morgan fingerprint density at radius 3 is 2.58 bits per heavy atom. The van der Waals surface area contributed by atoms with Crippen molar-refractivity contribution in [1.29, 1.82) is 0 Å². The van der Waals surface area contributed by atoms with Crippen LogP contribution in [0.15, 0.2) is 24.5 Å². The monoisotopic (exact) mass is 184 g/mol. The zero-order chi connectivity index (χ0) is 8.97. The van der Waals surface area contributed by atoms with Gasteiger partial charge in [-0.05, 0) is 19.1 Å². The predicted molar refractivity (Wildman–Crippen MR) is 52.8 cm³/mol. The molecule has 0 radical (unpaired) electrons. The second-order valence-electron chi connectivity index (χ2n) is 2.82.